The number of rotatable bonds is 6. The second-order valence-corrected chi connectivity index (χ2v) is 5.35. The smallest absolute Gasteiger partial charge is 0.253 e. The van der Waals surface area contributed by atoms with Crippen LogP contribution in [0.15, 0.2) is 29.4 Å². The molecule has 0 spiro atoms. The molecule has 0 atom stereocenters. The number of benzene rings is 1. The molecule has 0 aromatic heterocycles. The Bertz CT molecular complexity index is 467. The van der Waals surface area contributed by atoms with Crippen molar-refractivity contribution in [1.29, 1.82) is 0 Å². The van der Waals surface area contributed by atoms with Gasteiger partial charge >= 0.3 is 0 Å². The normalized spacial score (nSPS) is 11.7. The van der Waals surface area contributed by atoms with E-state index in [1.165, 1.54) is 0 Å². The summed E-state index contributed by atoms with van der Waals surface area (Å²) < 4.78 is 0. The van der Waals surface area contributed by atoms with E-state index in [1.807, 2.05) is 31.2 Å². The van der Waals surface area contributed by atoms with E-state index < -0.39 is 0 Å². The molecule has 0 aliphatic heterocycles. The highest BCUT2D eigenvalue weighted by atomic mass is 16.4. The minimum absolute atomic E-state index is 0.0237. The van der Waals surface area contributed by atoms with Gasteiger partial charge in [-0.2, -0.15) is 0 Å². The Morgan fingerprint density at radius 1 is 1.35 bits per heavy atom. The predicted molar refractivity (Wildman–Crippen MR) is 79.9 cm³/mol. The fourth-order valence-corrected chi connectivity index (χ4v) is 1.89. The van der Waals surface area contributed by atoms with Crippen LogP contribution in [0.3, 0.4) is 0 Å². The molecule has 1 aromatic carbocycles. The zero-order valence-electron chi connectivity index (χ0n) is 12.3. The first-order chi connectivity index (χ1) is 9.43. The summed E-state index contributed by atoms with van der Waals surface area (Å²) in [6.07, 6.45) is 0.362. The van der Waals surface area contributed by atoms with Crippen molar-refractivity contribution < 1.29 is 10.0 Å². The maximum atomic E-state index is 12.5. The molecule has 1 aromatic rings. The van der Waals surface area contributed by atoms with E-state index in [0.29, 0.717) is 31.0 Å². The van der Waals surface area contributed by atoms with Crippen LogP contribution in [0.2, 0.25) is 0 Å². The van der Waals surface area contributed by atoms with Gasteiger partial charge < -0.3 is 15.8 Å². The lowest BCUT2D eigenvalue weighted by Crippen LogP contribution is -2.36. The van der Waals surface area contributed by atoms with E-state index in [4.69, 9.17) is 10.9 Å². The summed E-state index contributed by atoms with van der Waals surface area (Å²) in [4.78, 5) is 14.2. The SMILES string of the molecule is Cc1ccc(C(=O)N(CCC(N)=NO)CC(C)C)cc1. The second-order valence-electron chi connectivity index (χ2n) is 5.35. The number of nitrogens with zero attached hydrogens (tertiary/aromatic N) is 2. The highest BCUT2D eigenvalue weighted by Gasteiger charge is 2.17. The third-order valence-electron chi connectivity index (χ3n) is 2.94. The zero-order valence-corrected chi connectivity index (χ0v) is 12.3. The highest BCUT2D eigenvalue weighted by Crippen LogP contribution is 2.10. The fourth-order valence-electron chi connectivity index (χ4n) is 1.89. The molecule has 0 unspecified atom stereocenters. The van der Waals surface area contributed by atoms with Gasteiger partial charge in [-0.05, 0) is 25.0 Å². The van der Waals surface area contributed by atoms with E-state index >= 15 is 0 Å². The molecule has 0 radical (unpaired) electrons. The first-order valence-electron chi connectivity index (χ1n) is 6.76. The average Bonchev–Trinajstić information content (AvgIpc) is 2.42. The molecule has 0 bridgehead atoms. The summed E-state index contributed by atoms with van der Waals surface area (Å²) in [5.41, 5.74) is 7.25. The Labute approximate surface area is 120 Å². The lowest BCUT2D eigenvalue weighted by molar-refractivity contribution is 0.0740. The van der Waals surface area contributed by atoms with Gasteiger partial charge in [-0.25, -0.2) is 0 Å². The maximum absolute atomic E-state index is 12.5. The number of carbonyl (C=O) groups is 1. The van der Waals surface area contributed by atoms with E-state index in [2.05, 4.69) is 19.0 Å². The van der Waals surface area contributed by atoms with Gasteiger partial charge in [0, 0.05) is 25.1 Å². The van der Waals surface area contributed by atoms with Crippen molar-refractivity contribution >= 4 is 11.7 Å². The summed E-state index contributed by atoms with van der Waals surface area (Å²) >= 11 is 0. The largest absolute Gasteiger partial charge is 0.409 e. The van der Waals surface area contributed by atoms with Gasteiger partial charge in [-0.15, -0.1) is 0 Å². The lowest BCUT2D eigenvalue weighted by Gasteiger charge is -2.24. The van der Waals surface area contributed by atoms with E-state index in [0.717, 1.165) is 5.56 Å². The van der Waals surface area contributed by atoms with Crippen LogP contribution < -0.4 is 5.73 Å². The van der Waals surface area contributed by atoms with Crippen LogP contribution in [0.4, 0.5) is 0 Å². The standard InChI is InChI=1S/C15H23N3O2/c1-11(2)10-18(9-8-14(16)17-20)15(19)13-6-4-12(3)5-7-13/h4-7,11,20H,8-10H2,1-3H3,(H2,16,17). The van der Waals surface area contributed by atoms with Crippen molar-refractivity contribution in [3.8, 4) is 0 Å². The van der Waals surface area contributed by atoms with Crippen molar-refractivity contribution in [2.45, 2.75) is 27.2 Å². The molecule has 5 heteroatoms. The van der Waals surface area contributed by atoms with Crippen molar-refractivity contribution in [2.24, 2.45) is 16.8 Å². The fraction of sp³-hybridized carbons (Fsp3) is 0.467. The number of hydrogen-bond donors (Lipinski definition) is 2. The summed E-state index contributed by atoms with van der Waals surface area (Å²) in [6, 6.07) is 7.50. The van der Waals surface area contributed by atoms with Crippen LogP contribution in [-0.2, 0) is 0 Å². The van der Waals surface area contributed by atoms with Crippen LogP contribution in [0.25, 0.3) is 0 Å². The molecule has 20 heavy (non-hydrogen) atoms. The lowest BCUT2D eigenvalue weighted by atomic mass is 10.1. The molecule has 0 heterocycles. The van der Waals surface area contributed by atoms with Crippen LogP contribution in [-0.4, -0.2) is 34.9 Å². The third-order valence-corrected chi connectivity index (χ3v) is 2.94. The number of carbonyl (C=O) groups excluding carboxylic acids is 1. The van der Waals surface area contributed by atoms with Gasteiger partial charge in [0.15, 0.2) is 0 Å². The van der Waals surface area contributed by atoms with Gasteiger partial charge in [-0.3, -0.25) is 4.79 Å². The van der Waals surface area contributed by atoms with E-state index in [-0.39, 0.29) is 11.7 Å². The van der Waals surface area contributed by atoms with Gasteiger partial charge in [-0.1, -0.05) is 36.7 Å². The summed E-state index contributed by atoms with van der Waals surface area (Å²) in [6.45, 7) is 7.18. The Morgan fingerprint density at radius 2 is 1.95 bits per heavy atom. The molecule has 0 saturated heterocycles. The molecule has 1 rings (SSSR count). The number of amides is 1. The Morgan fingerprint density at radius 3 is 2.45 bits per heavy atom. The molecule has 5 nitrogen and oxygen atoms in total. The Balaban J connectivity index is 2.80. The summed E-state index contributed by atoms with van der Waals surface area (Å²) in [7, 11) is 0. The molecular weight excluding hydrogens is 254 g/mol. The first-order valence-corrected chi connectivity index (χ1v) is 6.76. The summed E-state index contributed by atoms with van der Waals surface area (Å²) in [5.74, 6) is 0.469. The number of amidine groups is 1. The molecule has 0 aliphatic carbocycles. The summed E-state index contributed by atoms with van der Waals surface area (Å²) in [5, 5.41) is 11.5. The van der Waals surface area contributed by atoms with E-state index in [1.54, 1.807) is 4.90 Å². The topological polar surface area (TPSA) is 78.9 Å². The van der Waals surface area contributed by atoms with Crippen LogP contribution >= 0.6 is 0 Å². The maximum Gasteiger partial charge on any atom is 0.253 e. The van der Waals surface area contributed by atoms with Crippen molar-refractivity contribution in [1.82, 2.24) is 4.90 Å². The van der Waals surface area contributed by atoms with Crippen molar-refractivity contribution in [2.75, 3.05) is 13.1 Å². The third kappa shape index (κ3) is 4.91. The van der Waals surface area contributed by atoms with Crippen molar-refractivity contribution in [3.63, 3.8) is 0 Å². The molecule has 0 fully saturated rings. The average molecular weight is 277 g/mol. The quantitative estimate of drug-likeness (QED) is 0.362. The number of aryl methyl sites for hydroxylation is 1. The van der Waals surface area contributed by atoms with Gasteiger partial charge in [0.1, 0.15) is 5.84 Å². The monoisotopic (exact) mass is 277 g/mol. The molecule has 110 valence electrons. The van der Waals surface area contributed by atoms with Crippen LogP contribution in [0.1, 0.15) is 36.2 Å². The highest BCUT2D eigenvalue weighted by molar-refractivity contribution is 5.94. The number of oxime groups is 1. The molecule has 1 amide bonds. The number of nitrogens with two attached hydrogens (primary N) is 1. The predicted octanol–water partition coefficient (Wildman–Crippen LogP) is 2.23. The van der Waals surface area contributed by atoms with Gasteiger partial charge in [0.05, 0.1) is 0 Å². The van der Waals surface area contributed by atoms with Crippen molar-refractivity contribution in [3.05, 3.63) is 35.4 Å². The molecule has 0 saturated carbocycles. The van der Waals surface area contributed by atoms with Gasteiger partial charge in [0.25, 0.3) is 5.91 Å². The van der Waals surface area contributed by atoms with E-state index in [9.17, 15) is 4.79 Å². The molecule has 3 N–H and O–H groups in total. The number of hydrogen-bond acceptors (Lipinski definition) is 3. The minimum Gasteiger partial charge on any atom is -0.409 e. The van der Waals surface area contributed by atoms with Gasteiger partial charge in [0.2, 0.25) is 0 Å². The zero-order chi connectivity index (χ0) is 15.1. The van der Waals surface area contributed by atoms with Crippen LogP contribution in [0.5, 0.6) is 0 Å². The first kappa shape index (κ1) is 16.0. The van der Waals surface area contributed by atoms with Crippen LogP contribution in [0, 0.1) is 12.8 Å². The Hall–Kier alpha value is -2.04. The minimum atomic E-state index is -0.0237. The molecular formula is C15H23N3O2. The second kappa shape index (κ2) is 7.53. The molecule has 0 aliphatic rings. The Kier molecular flexibility index (Phi) is 6.03.